The highest BCUT2D eigenvalue weighted by Gasteiger charge is 2.36. The van der Waals surface area contributed by atoms with E-state index in [1.54, 1.807) is 0 Å². The van der Waals surface area contributed by atoms with Gasteiger partial charge in [0.1, 0.15) is 0 Å². The van der Waals surface area contributed by atoms with Crippen molar-refractivity contribution in [2.75, 3.05) is 4.90 Å². The molecule has 59 heavy (non-hydrogen) atoms. The molecule has 0 aliphatic heterocycles. The van der Waals surface area contributed by atoms with E-state index in [1.165, 1.54) is 77.4 Å². The Morgan fingerprint density at radius 3 is 1.75 bits per heavy atom. The van der Waals surface area contributed by atoms with E-state index in [0.717, 1.165) is 22.7 Å². The highest BCUT2D eigenvalue weighted by Crippen LogP contribution is 2.51. The summed E-state index contributed by atoms with van der Waals surface area (Å²) in [6, 6.07) is 79.7. The topological polar surface area (TPSA) is 8.17 Å². The van der Waals surface area contributed by atoms with Gasteiger partial charge in [-0.25, -0.2) is 0 Å². The SMILES string of the molecule is CC1(C)c2ccccc2-c2ccc(N(c3ccc(-c4ccc(-n5c(-c6ccccc6)c(-c6ccccc6)c6ccccc65)cc4)cc3)c3cccc4ccccc34)cc21. The minimum absolute atomic E-state index is 0.0969. The summed E-state index contributed by atoms with van der Waals surface area (Å²) in [5, 5.41) is 3.69. The van der Waals surface area contributed by atoms with Crippen LogP contribution >= 0.6 is 0 Å². The first kappa shape index (κ1) is 34.8. The zero-order valence-corrected chi connectivity index (χ0v) is 33.2. The van der Waals surface area contributed by atoms with Gasteiger partial charge in [0.15, 0.2) is 0 Å². The van der Waals surface area contributed by atoms with Crippen LogP contribution in [0.5, 0.6) is 0 Å². The molecule has 1 aromatic heterocycles. The Morgan fingerprint density at radius 1 is 0.407 bits per heavy atom. The van der Waals surface area contributed by atoms with Crippen molar-refractivity contribution in [1.82, 2.24) is 4.57 Å². The highest BCUT2D eigenvalue weighted by molar-refractivity contribution is 6.06. The molecular weight excluding hydrogens is 713 g/mol. The molecule has 0 atom stereocenters. The summed E-state index contributed by atoms with van der Waals surface area (Å²) in [6.07, 6.45) is 0. The zero-order chi connectivity index (χ0) is 39.5. The first-order valence-electron chi connectivity index (χ1n) is 20.5. The average Bonchev–Trinajstić information content (AvgIpc) is 3.76. The minimum atomic E-state index is -0.0969. The number of rotatable bonds is 7. The average molecular weight is 755 g/mol. The number of hydrogen-bond acceptors (Lipinski definition) is 1. The van der Waals surface area contributed by atoms with Crippen LogP contribution in [0.25, 0.3) is 72.0 Å². The molecule has 280 valence electrons. The molecule has 1 aliphatic rings. The molecule has 1 heterocycles. The van der Waals surface area contributed by atoms with Crippen LogP contribution in [0.2, 0.25) is 0 Å². The van der Waals surface area contributed by atoms with Crippen LogP contribution in [0.3, 0.4) is 0 Å². The molecule has 0 fully saturated rings. The maximum Gasteiger partial charge on any atom is 0.0619 e. The molecule has 2 nitrogen and oxygen atoms in total. The fourth-order valence-electron chi connectivity index (χ4n) is 9.54. The molecule has 0 spiro atoms. The highest BCUT2D eigenvalue weighted by atomic mass is 15.1. The molecule has 0 saturated carbocycles. The summed E-state index contributed by atoms with van der Waals surface area (Å²) in [6.45, 7) is 4.71. The van der Waals surface area contributed by atoms with Gasteiger partial charge in [0.25, 0.3) is 0 Å². The molecule has 9 aromatic carbocycles. The van der Waals surface area contributed by atoms with Gasteiger partial charge in [-0.1, -0.05) is 184 Å². The van der Waals surface area contributed by atoms with Crippen molar-refractivity contribution >= 4 is 38.7 Å². The molecule has 10 aromatic rings. The predicted molar refractivity (Wildman–Crippen MR) is 249 cm³/mol. The molecule has 0 amide bonds. The van der Waals surface area contributed by atoms with E-state index in [1.807, 2.05) is 0 Å². The third-order valence-corrected chi connectivity index (χ3v) is 12.4. The molecule has 0 bridgehead atoms. The number of fused-ring (bicyclic) bond motifs is 5. The Hall–Kier alpha value is -7.42. The number of hydrogen-bond donors (Lipinski definition) is 0. The third-order valence-electron chi connectivity index (χ3n) is 12.4. The van der Waals surface area contributed by atoms with Crippen LogP contribution < -0.4 is 4.90 Å². The Labute approximate surface area is 345 Å². The molecular formula is C57H42N2. The largest absolute Gasteiger partial charge is 0.310 e. The number of nitrogens with zero attached hydrogens (tertiary/aromatic N) is 2. The van der Waals surface area contributed by atoms with Crippen LogP contribution in [0.15, 0.2) is 218 Å². The zero-order valence-electron chi connectivity index (χ0n) is 33.2. The number of aromatic nitrogens is 1. The van der Waals surface area contributed by atoms with Gasteiger partial charge in [-0.05, 0) is 98.4 Å². The maximum atomic E-state index is 2.43. The normalized spacial score (nSPS) is 12.7. The van der Waals surface area contributed by atoms with E-state index in [-0.39, 0.29) is 5.41 Å². The lowest BCUT2D eigenvalue weighted by Crippen LogP contribution is -2.16. The van der Waals surface area contributed by atoms with Gasteiger partial charge in [-0.15, -0.1) is 0 Å². The van der Waals surface area contributed by atoms with E-state index < -0.39 is 0 Å². The maximum absolute atomic E-state index is 2.43. The van der Waals surface area contributed by atoms with Gasteiger partial charge in [-0.2, -0.15) is 0 Å². The fraction of sp³-hybridized carbons (Fsp3) is 0.0526. The predicted octanol–water partition coefficient (Wildman–Crippen LogP) is 15.6. The van der Waals surface area contributed by atoms with E-state index in [4.69, 9.17) is 0 Å². The van der Waals surface area contributed by atoms with E-state index in [0.29, 0.717) is 0 Å². The standard InChI is InChI=1S/C57H42N2/c1-57(2)51-25-13-11-23-48(51)49-37-36-46(38-52(49)57)58(53-27-15-21-41-16-9-10-22-47(41)53)44-32-28-39(29-33-44)40-30-34-45(35-31-40)59-54-26-14-12-24-50(54)55(42-17-5-3-6-18-42)56(59)43-19-7-4-8-20-43/h3-38H,1-2H3. The number of para-hydroxylation sites is 1. The Morgan fingerprint density at radius 2 is 0.983 bits per heavy atom. The molecule has 11 rings (SSSR count). The Balaban J connectivity index is 1.00. The van der Waals surface area contributed by atoms with Crippen LogP contribution in [0.1, 0.15) is 25.0 Å². The lowest BCUT2D eigenvalue weighted by Gasteiger charge is -2.29. The quantitative estimate of drug-likeness (QED) is 0.157. The summed E-state index contributed by atoms with van der Waals surface area (Å²) in [4.78, 5) is 2.43. The first-order chi connectivity index (χ1) is 29.0. The molecule has 0 unspecified atom stereocenters. The smallest absolute Gasteiger partial charge is 0.0619 e. The summed E-state index contributed by atoms with van der Waals surface area (Å²) in [5.41, 5.74) is 18.3. The summed E-state index contributed by atoms with van der Waals surface area (Å²) in [5.74, 6) is 0. The van der Waals surface area contributed by atoms with Gasteiger partial charge >= 0.3 is 0 Å². The lowest BCUT2D eigenvalue weighted by atomic mass is 9.82. The van der Waals surface area contributed by atoms with Crippen molar-refractivity contribution in [3.8, 4) is 50.3 Å². The lowest BCUT2D eigenvalue weighted by molar-refractivity contribution is 0.660. The minimum Gasteiger partial charge on any atom is -0.310 e. The second-order valence-corrected chi connectivity index (χ2v) is 16.1. The van der Waals surface area contributed by atoms with Crippen molar-refractivity contribution in [1.29, 1.82) is 0 Å². The number of benzene rings is 9. The van der Waals surface area contributed by atoms with Gasteiger partial charge in [0.2, 0.25) is 0 Å². The summed E-state index contributed by atoms with van der Waals surface area (Å²) < 4.78 is 2.43. The first-order valence-corrected chi connectivity index (χ1v) is 20.5. The van der Waals surface area contributed by atoms with Crippen molar-refractivity contribution in [3.05, 3.63) is 230 Å². The number of anilines is 3. The van der Waals surface area contributed by atoms with Crippen LogP contribution in [-0.4, -0.2) is 4.57 Å². The fourth-order valence-corrected chi connectivity index (χ4v) is 9.54. The molecule has 0 radical (unpaired) electrons. The van der Waals surface area contributed by atoms with Crippen molar-refractivity contribution < 1.29 is 0 Å². The molecule has 0 saturated heterocycles. The van der Waals surface area contributed by atoms with Crippen molar-refractivity contribution in [2.45, 2.75) is 19.3 Å². The van der Waals surface area contributed by atoms with Gasteiger partial charge < -0.3 is 9.47 Å². The molecule has 1 aliphatic carbocycles. The van der Waals surface area contributed by atoms with Crippen LogP contribution in [0, 0.1) is 0 Å². The van der Waals surface area contributed by atoms with Crippen LogP contribution in [0.4, 0.5) is 17.1 Å². The second kappa shape index (κ2) is 13.9. The third kappa shape index (κ3) is 5.71. The van der Waals surface area contributed by atoms with Crippen molar-refractivity contribution in [3.63, 3.8) is 0 Å². The van der Waals surface area contributed by atoms with Gasteiger partial charge in [-0.3, -0.25) is 0 Å². The summed E-state index contributed by atoms with van der Waals surface area (Å²) in [7, 11) is 0. The van der Waals surface area contributed by atoms with Gasteiger partial charge in [0, 0.05) is 38.8 Å². The van der Waals surface area contributed by atoms with Gasteiger partial charge in [0.05, 0.1) is 16.9 Å². The van der Waals surface area contributed by atoms with E-state index in [2.05, 4.69) is 242 Å². The van der Waals surface area contributed by atoms with Crippen LogP contribution in [-0.2, 0) is 5.41 Å². The second-order valence-electron chi connectivity index (χ2n) is 16.1. The van der Waals surface area contributed by atoms with E-state index in [9.17, 15) is 0 Å². The monoisotopic (exact) mass is 754 g/mol. The molecule has 2 heteroatoms. The summed E-state index contributed by atoms with van der Waals surface area (Å²) >= 11 is 0. The Kier molecular flexibility index (Phi) is 8.20. The Bertz CT molecular complexity index is 3150. The molecule has 0 N–H and O–H groups in total. The van der Waals surface area contributed by atoms with Crippen molar-refractivity contribution in [2.24, 2.45) is 0 Å². The van der Waals surface area contributed by atoms with E-state index >= 15 is 0 Å².